The van der Waals surface area contributed by atoms with E-state index in [1.165, 1.54) is 0 Å². The first-order valence-corrected chi connectivity index (χ1v) is 5.14. The average molecular weight is 213 g/mol. The maximum atomic E-state index is 11.4. The first kappa shape index (κ1) is 9.15. The van der Waals surface area contributed by atoms with E-state index in [9.17, 15) is 4.79 Å². The van der Waals surface area contributed by atoms with Crippen LogP contribution in [0.15, 0.2) is 52.7 Å². The van der Waals surface area contributed by atoms with E-state index in [1.807, 2.05) is 24.3 Å². The lowest BCUT2D eigenvalue weighted by molar-refractivity contribution is -0.114. The van der Waals surface area contributed by atoms with Crippen molar-refractivity contribution < 1.29 is 4.79 Å². The normalized spacial score (nSPS) is 29.6. The highest BCUT2D eigenvalue weighted by molar-refractivity contribution is 6.10. The van der Waals surface area contributed by atoms with Gasteiger partial charge in [-0.1, -0.05) is 24.3 Å². The molecule has 0 aromatic carbocycles. The van der Waals surface area contributed by atoms with Crippen molar-refractivity contribution in [1.29, 1.82) is 0 Å². The third-order valence-corrected chi connectivity index (χ3v) is 3.21. The van der Waals surface area contributed by atoms with E-state index in [2.05, 4.69) is 16.6 Å². The minimum absolute atomic E-state index is 0.298. The molecule has 0 radical (unpaired) electrons. The van der Waals surface area contributed by atoms with Gasteiger partial charge in [0.1, 0.15) is 0 Å². The van der Waals surface area contributed by atoms with Gasteiger partial charge in [0.15, 0.2) is 0 Å². The highest BCUT2D eigenvalue weighted by Gasteiger charge is 2.44. The van der Waals surface area contributed by atoms with Crippen molar-refractivity contribution in [1.82, 2.24) is 5.43 Å². The van der Waals surface area contributed by atoms with E-state index >= 15 is 0 Å². The number of amides is 1. The van der Waals surface area contributed by atoms with Crippen molar-refractivity contribution in [3.63, 3.8) is 0 Å². The molecule has 1 atom stereocenters. The summed E-state index contributed by atoms with van der Waals surface area (Å²) in [6.45, 7) is 0.680. The fourth-order valence-corrected chi connectivity index (χ4v) is 2.42. The summed E-state index contributed by atoms with van der Waals surface area (Å²) in [5.74, 6) is -0.392. The summed E-state index contributed by atoms with van der Waals surface area (Å²) < 4.78 is 0. The standard InChI is InChI=1S/C12H11N3O/c13-11(16)8-3-2-6-12-7-14-15-10(12)5-1-4-9(8)12/h1-6,14H,7H2,(H2,13,16). The third kappa shape index (κ3) is 0.984. The Bertz CT molecular complexity index is 522. The van der Waals surface area contributed by atoms with Gasteiger partial charge in [0.25, 0.3) is 0 Å². The van der Waals surface area contributed by atoms with Gasteiger partial charge in [0.2, 0.25) is 5.91 Å². The molecule has 1 spiro atoms. The van der Waals surface area contributed by atoms with Crippen LogP contribution in [0.1, 0.15) is 0 Å². The second kappa shape index (κ2) is 2.95. The Balaban J connectivity index is 2.19. The van der Waals surface area contributed by atoms with Gasteiger partial charge in [-0.25, -0.2) is 0 Å². The maximum absolute atomic E-state index is 11.4. The summed E-state index contributed by atoms with van der Waals surface area (Å²) in [5.41, 5.74) is 10.5. The molecule has 0 saturated heterocycles. The number of carbonyl (C=O) groups is 1. The summed E-state index contributed by atoms with van der Waals surface area (Å²) in [6, 6.07) is 0. The molecule has 16 heavy (non-hydrogen) atoms. The summed E-state index contributed by atoms with van der Waals surface area (Å²) >= 11 is 0. The quantitative estimate of drug-likeness (QED) is 0.662. The maximum Gasteiger partial charge on any atom is 0.249 e. The van der Waals surface area contributed by atoms with Crippen molar-refractivity contribution in [3.05, 3.63) is 47.6 Å². The van der Waals surface area contributed by atoms with Crippen LogP contribution in [0.3, 0.4) is 0 Å². The molecule has 2 aliphatic carbocycles. The van der Waals surface area contributed by atoms with Crippen molar-refractivity contribution in [2.75, 3.05) is 6.54 Å². The number of hydrogen-bond acceptors (Lipinski definition) is 3. The van der Waals surface area contributed by atoms with Gasteiger partial charge in [0.05, 0.1) is 17.7 Å². The second-order valence-electron chi connectivity index (χ2n) is 4.05. The molecule has 4 heteroatoms. The molecular weight excluding hydrogens is 202 g/mol. The van der Waals surface area contributed by atoms with E-state index in [0.29, 0.717) is 12.1 Å². The summed E-state index contributed by atoms with van der Waals surface area (Å²) in [5, 5.41) is 4.23. The van der Waals surface area contributed by atoms with Crippen LogP contribution in [0, 0.1) is 5.41 Å². The van der Waals surface area contributed by atoms with Gasteiger partial charge in [-0.15, -0.1) is 0 Å². The molecule has 3 rings (SSSR count). The number of primary amides is 1. The third-order valence-electron chi connectivity index (χ3n) is 3.21. The molecule has 3 aliphatic rings. The zero-order valence-corrected chi connectivity index (χ0v) is 8.60. The lowest BCUT2D eigenvalue weighted by Gasteiger charge is -2.33. The smallest absolute Gasteiger partial charge is 0.249 e. The predicted octanol–water partition coefficient (Wildman–Crippen LogP) is 0.410. The molecule has 0 bridgehead atoms. The molecule has 0 aromatic rings. The molecule has 0 aromatic heterocycles. The van der Waals surface area contributed by atoms with Gasteiger partial charge in [0, 0.05) is 5.57 Å². The molecule has 1 aliphatic heterocycles. The van der Waals surface area contributed by atoms with Crippen LogP contribution in [-0.4, -0.2) is 18.2 Å². The van der Waals surface area contributed by atoms with Crippen molar-refractivity contribution >= 4 is 11.6 Å². The van der Waals surface area contributed by atoms with Crippen molar-refractivity contribution in [2.45, 2.75) is 0 Å². The highest BCUT2D eigenvalue weighted by atomic mass is 16.1. The first-order chi connectivity index (χ1) is 7.74. The molecule has 1 amide bonds. The Morgan fingerprint density at radius 2 is 2.31 bits per heavy atom. The Morgan fingerprint density at radius 3 is 3.12 bits per heavy atom. The van der Waals surface area contributed by atoms with Gasteiger partial charge in [-0.05, 0) is 17.7 Å². The van der Waals surface area contributed by atoms with Gasteiger partial charge in [-0.3, -0.25) is 4.79 Å². The molecule has 3 N–H and O–H groups in total. The minimum atomic E-state index is -0.392. The van der Waals surface area contributed by atoms with Gasteiger partial charge in [-0.2, -0.15) is 5.10 Å². The van der Waals surface area contributed by atoms with E-state index < -0.39 is 5.91 Å². The molecule has 1 unspecified atom stereocenters. The summed E-state index contributed by atoms with van der Waals surface area (Å²) in [7, 11) is 0. The largest absolute Gasteiger partial charge is 0.366 e. The lowest BCUT2D eigenvalue weighted by Crippen LogP contribution is -2.37. The predicted molar refractivity (Wildman–Crippen MR) is 61.5 cm³/mol. The Labute approximate surface area is 92.9 Å². The molecule has 1 heterocycles. The van der Waals surface area contributed by atoms with Crippen LogP contribution in [0.5, 0.6) is 0 Å². The molecule has 0 fully saturated rings. The Hall–Kier alpha value is -2.10. The van der Waals surface area contributed by atoms with Crippen molar-refractivity contribution in [3.8, 4) is 0 Å². The topological polar surface area (TPSA) is 67.5 Å². The van der Waals surface area contributed by atoms with Crippen LogP contribution in [0.2, 0.25) is 0 Å². The number of nitrogens with two attached hydrogens (primary N) is 1. The van der Waals surface area contributed by atoms with E-state index in [-0.39, 0.29) is 5.41 Å². The molecular formula is C12H11N3O. The summed E-state index contributed by atoms with van der Waals surface area (Å²) in [6.07, 6.45) is 11.5. The van der Waals surface area contributed by atoms with Crippen LogP contribution >= 0.6 is 0 Å². The molecule has 80 valence electrons. The van der Waals surface area contributed by atoms with Gasteiger partial charge < -0.3 is 11.2 Å². The summed E-state index contributed by atoms with van der Waals surface area (Å²) in [4.78, 5) is 11.4. The first-order valence-electron chi connectivity index (χ1n) is 5.14. The zero-order chi connectivity index (χ0) is 11.2. The molecule has 4 nitrogen and oxygen atoms in total. The minimum Gasteiger partial charge on any atom is -0.366 e. The number of rotatable bonds is 1. The SMILES string of the molecule is NC(=O)C1=CC=CC23CNN=C2C=CC=C13. The number of carbonyl (C=O) groups excluding carboxylic acids is 1. The zero-order valence-electron chi connectivity index (χ0n) is 8.60. The van der Waals surface area contributed by atoms with E-state index in [0.717, 1.165) is 11.3 Å². The average Bonchev–Trinajstić information content (AvgIpc) is 2.69. The van der Waals surface area contributed by atoms with Crippen LogP contribution in [-0.2, 0) is 4.79 Å². The molecule has 0 saturated carbocycles. The highest BCUT2D eigenvalue weighted by Crippen LogP contribution is 2.42. The number of hydrogen-bond donors (Lipinski definition) is 2. The fourth-order valence-electron chi connectivity index (χ4n) is 2.42. The number of nitrogens with one attached hydrogen (secondary N) is 1. The monoisotopic (exact) mass is 213 g/mol. The van der Waals surface area contributed by atoms with E-state index in [1.54, 1.807) is 6.08 Å². The van der Waals surface area contributed by atoms with Crippen LogP contribution in [0.25, 0.3) is 0 Å². The van der Waals surface area contributed by atoms with Crippen LogP contribution in [0.4, 0.5) is 0 Å². The lowest BCUT2D eigenvalue weighted by atomic mass is 9.68. The number of hydrazone groups is 1. The van der Waals surface area contributed by atoms with Gasteiger partial charge >= 0.3 is 0 Å². The number of allylic oxidation sites excluding steroid dienone is 5. The Kier molecular flexibility index (Phi) is 1.68. The van der Waals surface area contributed by atoms with E-state index in [4.69, 9.17) is 5.73 Å². The number of nitrogens with zero attached hydrogens (tertiary/aromatic N) is 1. The van der Waals surface area contributed by atoms with Crippen molar-refractivity contribution in [2.24, 2.45) is 16.3 Å². The fraction of sp³-hybridized carbons (Fsp3) is 0.167. The van der Waals surface area contributed by atoms with Crippen LogP contribution < -0.4 is 11.2 Å². The Morgan fingerprint density at radius 1 is 1.44 bits per heavy atom. The second-order valence-corrected chi connectivity index (χ2v) is 4.05.